The second-order valence-corrected chi connectivity index (χ2v) is 6.07. The van der Waals surface area contributed by atoms with E-state index in [0.717, 1.165) is 12.8 Å². The quantitative estimate of drug-likeness (QED) is 0.679. The zero-order chi connectivity index (χ0) is 11.5. The van der Waals surface area contributed by atoms with Gasteiger partial charge in [-0.05, 0) is 31.4 Å². The minimum atomic E-state index is -0.126. The lowest BCUT2D eigenvalue weighted by Gasteiger charge is -2.32. The Labute approximate surface area is 101 Å². The smallest absolute Gasteiger partial charge is 0.179 e. The molecule has 0 radical (unpaired) electrons. The van der Waals surface area contributed by atoms with Crippen LogP contribution in [0.15, 0.2) is 24.5 Å². The molecule has 2 heterocycles. The van der Waals surface area contributed by atoms with Crippen molar-refractivity contribution in [3.8, 4) is 0 Å². The van der Waals surface area contributed by atoms with Crippen LogP contribution in [0.25, 0.3) is 5.53 Å². The van der Waals surface area contributed by atoms with Gasteiger partial charge in [0.2, 0.25) is 0 Å². The second-order valence-electron chi connectivity index (χ2n) is 6.07. The fraction of sp³-hybridized carbons (Fsp3) is 0.643. The molecule has 3 heteroatoms. The summed E-state index contributed by atoms with van der Waals surface area (Å²) in [7, 11) is 0. The molecule has 3 aliphatic rings. The van der Waals surface area contributed by atoms with E-state index in [0.29, 0.717) is 11.5 Å². The van der Waals surface area contributed by atoms with Gasteiger partial charge in [-0.2, -0.15) is 0 Å². The highest BCUT2D eigenvalue weighted by molar-refractivity contribution is 5.25. The Bertz CT molecular complexity index is 484. The van der Waals surface area contributed by atoms with Crippen LogP contribution in [0.1, 0.15) is 44.1 Å². The minimum absolute atomic E-state index is 0.126. The highest BCUT2D eigenvalue weighted by Crippen LogP contribution is 2.65. The summed E-state index contributed by atoms with van der Waals surface area (Å²) in [4.78, 5) is 4.23. The van der Waals surface area contributed by atoms with Gasteiger partial charge in [0.15, 0.2) is 5.54 Å². The Balaban J connectivity index is 1.84. The summed E-state index contributed by atoms with van der Waals surface area (Å²) < 4.78 is 1.69. The molecular weight excluding hydrogens is 210 g/mol. The Morgan fingerprint density at radius 2 is 2.29 bits per heavy atom. The maximum absolute atomic E-state index is 10.6. The molecule has 0 aromatic carbocycles. The van der Waals surface area contributed by atoms with Crippen molar-refractivity contribution >= 4 is 0 Å². The summed E-state index contributed by atoms with van der Waals surface area (Å²) >= 11 is 0. The van der Waals surface area contributed by atoms with E-state index in [1.807, 2.05) is 18.5 Å². The number of nitrogens with zero attached hydrogens (tertiary/aromatic N) is 3. The monoisotopic (exact) mass is 227 g/mol. The molecule has 1 spiro atoms. The maximum Gasteiger partial charge on any atom is 0.179 e. The molecule has 2 unspecified atom stereocenters. The Morgan fingerprint density at radius 1 is 1.35 bits per heavy atom. The summed E-state index contributed by atoms with van der Waals surface area (Å²) in [5.41, 5.74) is 12.1. The Hall–Kier alpha value is -1.25. The van der Waals surface area contributed by atoms with Gasteiger partial charge in [0.05, 0.1) is 0 Å². The standard InChI is InChI=1S/C14H17N3/c15-17-12-4-1-5-13(12)6-7-14(17,10-13)11-3-2-8-16-9-11/h2-3,8-9,12H,1,4-7,10H2/t12?,13?,14-/m1/s1. The van der Waals surface area contributed by atoms with E-state index in [2.05, 4.69) is 11.1 Å². The molecule has 0 amide bonds. The lowest BCUT2D eigenvalue weighted by Crippen LogP contribution is -2.39. The molecule has 3 nitrogen and oxygen atoms in total. The van der Waals surface area contributed by atoms with Crippen LogP contribution >= 0.6 is 0 Å². The average molecular weight is 227 g/mol. The van der Waals surface area contributed by atoms with Crippen molar-refractivity contribution in [1.29, 1.82) is 0 Å². The Morgan fingerprint density at radius 3 is 3.06 bits per heavy atom. The average Bonchev–Trinajstić information content (AvgIpc) is 3.01. The molecule has 88 valence electrons. The van der Waals surface area contributed by atoms with Gasteiger partial charge < -0.3 is 10.2 Å². The highest BCUT2D eigenvalue weighted by Gasteiger charge is 2.68. The molecule has 1 saturated heterocycles. The van der Waals surface area contributed by atoms with Gasteiger partial charge >= 0.3 is 0 Å². The first-order chi connectivity index (χ1) is 8.27. The summed E-state index contributed by atoms with van der Waals surface area (Å²) in [6, 6.07) is 4.50. The van der Waals surface area contributed by atoms with Gasteiger partial charge in [-0.25, -0.2) is 0 Å². The van der Waals surface area contributed by atoms with Crippen molar-refractivity contribution in [2.75, 3.05) is 0 Å². The topological polar surface area (TPSA) is 38.2 Å². The van der Waals surface area contributed by atoms with E-state index in [1.54, 1.807) is 4.70 Å². The summed E-state index contributed by atoms with van der Waals surface area (Å²) in [6.45, 7) is 0. The van der Waals surface area contributed by atoms with Crippen molar-refractivity contribution in [2.24, 2.45) is 5.41 Å². The predicted octanol–water partition coefficient (Wildman–Crippen LogP) is 3.05. The summed E-state index contributed by atoms with van der Waals surface area (Å²) in [5, 5.41) is 0. The summed E-state index contributed by atoms with van der Waals surface area (Å²) in [5.74, 6) is 0. The molecule has 3 atom stereocenters. The predicted molar refractivity (Wildman–Crippen MR) is 63.5 cm³/mol. The third-order valence-electron chi connectivity index (χ3n) is 5.47. The van der Waals surface area contributed by atoms with E-state index < -0.39 is 0 Å². The van der Waals surface area contributed by atoms with Crippen LogP contribution in [0.5, 0.6) is 0 Å². The van der Waals surface area contributed by atoms with Gasteiger partial charge in [0, 0.05) is 42.6 Å². The molecule has 1 aromatic heterocycles. The molecule has 17 heavy (non-hydrogen) atoms. The number of hydrogen-bond acceptors (Lipinski definition) is 1. The SMILES string of the molecule is [N-]=[N+]1C2CCCC23CC[C@]1(c1cccnc1)C3. The number of hydrogen-bond donors (Lipinski definition) is 0. The highest BCUT2D eigenvalue weighted by atomic mass is 15.3. The van der Waals surface area contributed by atoms with Crippen LogP contribution in [0.3, 0.4) is 0 Å². The molecule has 2 saturated carbocycles. The Kier molecular flexibility index (Phi) is 1.69. The zero-order valence-electron chi connectivity index (χ0n) is 9.97. The normalized spacial score (nSPS) is 43.1. The van der Waals surface area contributed by atoms with E-state index >= 15 is 0 Å². The zero-order valence-corrected chi connectivity index (χ0v) is 9.97. The molecule has 1 aromatic rings. The van der Waals surface area contributed by atoms with E-state index in [1.165, 1.54) is 31.2 Å². The number of pyridine rings is 1. The first kappa shape index (κ1) is 9.75. The summed E-state index contributed by atoms with van der Waals surface area (Å²) in [6.07, 6.45) is 11.0. The number of rotatable bonds is 1. The van der Waals surface area contributed by atoms with Crippen molar-refractivity contribution in [2.45, 2.75) is 50.1 Å². The van der Waals surface area contributed by atoms with Gasteiger partial charge in [-0.15, -0.1) is 0 Å². The van der Waals surface area contributed by atoms with E-state index in [-0.39, 0.29) is 5.54 Å². The van der Waals surface area contributed by atoms with Crippen molar-refractivity contribution in [3.05, 3.63) is 35.6 Å². The molecule has 2 bridgehead atoms. The van der Waals surface area contributed by atoms with Crippen LogP contribution in [0, 0.1) is 5.41 Å². The molecule has 4 rings (SSSR count). The van der Waals surface area contributed by atoms with Crippen LogP contribution in [-0.2, 0) is 5.54 Å². The van der Waals surface area contributed by atoms with Crippen LogP contribution in [0.2, 0.25) is 0 Å². The number of piperidine rings is 1. The van der Waals surface area contributed by atoms with Gasteiger partial charge in [0.25, 0.3) is 0 Å². The van der Waals surface area contributed by atoms with Gasteiger partial charge in [-0.3, -0.25) is 4.98 Å². The number of fused-ring (bicyclic) bond motifs is 1. The molecule has 1 aliphatic heterocycles. The van der Waals surface area contributed by atoms with Gasteiger partial charge in [0.1, 0.15) is 6.04 Å². The minimum Gasteiger partial charge on any atom is -0.506 e. The first-order valence-electron chi connectivity index (χ1n) is 6.66. The third-order valence-corrected chi connectivity index (χ3v) is 5.47. The van der Waals surface area contributed by atoms with Crippen LogP contribution < -0.4 is 0 Å². The van der Waals surface area contributed by atoms with E-state index in [9.17, 15) is 5.53 Å². The molecule has 2 aliphatic carbocycles. The maximum atomic E-state index is 10.6. The molecular formula is C14H17N3. The lowest BCUT2D eigenvalue weighted by molar-refractivity contribution is -0.657. The van der Waals surface area contributed by atoms with Crippen molar-refractivity contribution < 1.29 is 4.70 Å². The van der Waals surface area contributed by atoms with Crippen LogP contribution in [0.4, 0.5) is 0 Å². The second kappa shape index (κ2) is 2.95. The molecule has 0 N–H and O–H groups in total. The number of aromatic nitrogens is 1. The van der Waals surface area contributed by atoms with Crippen molar-refractivity contribution in [3.63, 3.8) is 0 Å². The third kappa shape index (κ3) is 1.01. The van der Waals surface area contributed by atoms with Gasteiger partial charge in [-0.1, -0.05) is 0 Å². The van der Waals surface area contributed by atoms with E-state index in [4.69, 9.17) is 0 Å². The molecule has 3 fully saturated rings. The van der Waals surface area contributed by atoms with Crippen LogP contribution in [-0.4, -0.2) is 15.7 Å². The largest absolute Gasteiger partial charge is 0.506 e. The van der Waals surface area contributed by atoms with Crippen molar-refractivity contribution in [1.82, 2.24) is 4.98 Å². The first-order valence-corrected chi connectivity index (χ1v) is 6.66. The fourth-order valence-electron chi connectivity index (χ4n) is 4.73. The fourth-order valence-corrected chi connectivity index (χ4v) is 4.73. The lowest BCUT2D eigenvalue weighted by atomic mass is 9.82.